The van der Waals surface area contributed by atoms with Crippen molar-refractivity contribution in [1.29, 1.82) is 5.26 Å². The van der Waals surface area contributed by atoms with Crippen LogP contribution in [0.25, 0.3) is 0 Å². The van der Waals surface area contributed by atoms with Crippen molar-refractivity contribution in [2.75, 3.05) is 29.5 Å². The highest BCUT2D eigenvalue weighted by Gasteiger charge is 2.11. The number of rotatable bonds is 6. The molecule has 9 heteroatoms. The van der Waals surface area contributed by atoms with Gasteiger partial charge in [-0.25, -0.2) is 0 Å². The van der Waals surface area contributed by atoms with Crippen LogP contribution in [0.1, 0.15) is 19.4 Å². The summed E-state index contributed by atoms with van der Waals surface area (Å²) in [6.45, 7) is 4.45. The second-order valence-electron chi connectivity index (χ2n) is 6.34. The zero-order valence-electron chi connectivity index (χ0n) is 15.8. The maximum atomic E-state index is 10.2. The normalized spacial score (nSPS) is 12.1. The molecule has 2 atom stereocenters. The van der Waals surface area contributed by atoms with Crippen molar-refractivity contribution in [3.8, 4) is 6.07 Å². The van der Waals surface area contributed by atoms with E-state index in [1.165, 1.54) is 12.1 Å². The quantitative estimate of drug-likeness (QED) is 0.331. The molecule has 2 rings (SSSR count). The third-order valence-electron chi connectivity index (χ3n) is 3.60. The van der Waals surface area contributed by atoms with E-state index in [1.54, 1.807) is 19.9 Å². The summed E-state index contributed by atoms with van der Waals surface area (Å²) in [4.78, 5) is 11.6. The van der Waals surface area contributed by atoms with Gasteiger partial charge in [-0.15, -0.1) is 0 Å². The Kier molecular flexibility index (Phi) is 8.68. The van der Waals surface area contributed by atoms with Crippen LogP contribution in [0.2, 0.25) is 0 Å². The van der Waals surface area contributed by atoms with Gasteiger partial charge in [0.05, 0.1) is 22.7 Å². The van der Waals surface area contributed by atoms with Gasteiger partial charge < -0.3 is 26.6 Å². The Balaban J connectivity index is 0.000000292. The van der Waals surface area contributed by atoms with Gasteiger partial charge in [0.1, 0.15) is 6.07 Å². The standard InChI is InChI=1S/C12H20N2O2.C7H5N3O2/c1-9(15)7-14(8-10(2)16)12-5-3-11(13)4-6-12;8-4-5-3-6(10(11)12)1-2-7(5)9/h3-6,9-10,15-16H,7-8,13H2,1-2H3;1-3H,9H2. The molecule has 6 N–H and O–H groups in total. The number of benzene rings is 2. The summed E-state index contributed by atoms with van der Waals surface area (Å²) >= 11 is 0. The minimum Gasteiger partial charge on any atom is -0.399 e. The van der Waals surface area contributed by atoms with E-state index in [-0.39, 0.29) is 16.9 Å². The maximum absolute atomic E-state index is 10.2. The summed E-state index contributed by atoms with van der Waals surface area (Å²) in [6.07, 6.45) is -0.868. The van der Waals surface area contributed by atoms with E-state index in [1.807, 2.05) is 29.2 Å². The lowest BCUT2D eigenvalue weighted by atomic mass is 10.2. The van der Waals surface area contributed by atoms with Gasteiger partial charge in [-0.3, -0.25) is 10.1 Å². The zero-order chi connectivity index (χ0) is 21.3. The number of hydrogen-bond donors (Lipinski definition) is 4. The Morgan fingerprint density at radius 2 is 1.64 bits per heavy atom. The Morgan fingerprint density at radius 1 is 1.11 bits per heavy atom. The Hall–Kier alpha value is -3.35. The molecule has 2 aromatic rings. The summed E-state index contributed by atoms with van der Waals surface area (Å²) in [6, 6.07) is 12.9. The van der Waals surface area contributed by atoms with Crippen molar-refractivity contribution in [3.63, 3.8) is 0 Å². The van der Waals surface area contributed by atoms with Gasteiger partial charge in [0.15, 0.2) is 0 Å². The van der Waals surface area contributed by atoms with E-state index in [0.717, 1.165) is 11.8 Å². The Bertz CT molecular complexity index is 806. The van der Waals surface area contributed by atoms with Crippen LogP contribution in [0.5, 0.6) is 0 Å². The third-order valence-corrected chi connectivity index (χ3v) is 3.60. The summed E-state index contributed by atoms with van der Waals surface area (Å²) in [5.41, 5.74) is 12.9. The molecule has 0 amide bonds. The SMILES string of the molecule is CC(O)CN(CC(C)O)c1ccc(N)cc1.N#Cc1cc([N+](=O)[O-])ccc1N. The first-order valence-corrected chi connectivity index (χ1v) is 8.54. The molecule has 0 bridgehead atoms. The van der Waals surface area contributed by atoms with Crippen LogP contribution in [0, 0.1) is 21.4 Å². The topological polar surface area (TPSA) is 163 Å². The van der Waals surface area contributed by atoms with Gasteiger partial charge in [-0.05, 0) is 44.2 Å². The lowest BCUT2D eigenvalue weighted by molar-refractivity contribution is -0.384. The van der Waals surface area contributed by atoms with Gasteiger partial charge in [-0.1, -0.05) is 0 Å². The smallest absolute Gasteiger partial charge is 0.270 e. The second-order valence-corrected chi connectivity index (χ2v) is 6.34. The first kappa shape index (κ1) is 22.7. The monoisotopic (exact) mass is 387 g/mol. The van der Waals surface area contributed by atoms with Crippen LogP contribution in [0.15, 0.2) is 42.5 Å². The molecule has 28 heavy (non-hydrogen) atoms. The van der Waals surface area contributed by atoms with Gasteiger partial charge in [0, 0.05) is 42.3 Å². The van der Waals surface area contributed by atoms with E-state index in [4.69, 9.17) is 16.7 Å². The lowest BCUT2D eigenvalue weighted by Crippen LogP contribution is -2.36. The number of anilines is 3. The molecule has 0 radical (unpaired) electrons. The van der Waals surface area contributed by atoms with Crippen LogP contribution in [-0.2, 0) is 0 Å². The van der Waals surface area contributed by atoms with Gasteiger partial charge in [0.2, 0.25) is 0 Å². The summed E-state index contributed by atoms with van der Waals surface area (Å²) in [7, 11) is 0. The zero-order valence-corrected chi connectivity index (χ0v) is 15.8. The molecule has 150 valence electrons. The van der Waals surface area contributed by atoms with E-state index in [0.29, 0.717) is 18.8 Å². The average molecular weight is 387 g/mol. The predicted molar refractivity (Wildman–Crippen MR) is 109 cm³/mol. The number of non-ortho nitro benzene ring substituents is 1. The maximum Gasteiger partial charge on any atom is 0.270 e. The number of hydrogen-bond acceptors (Lipinski definition) is 8. The lowest BCUT2D eigenvalue weighted by Gasteiger charge is -2.27. The highest BCUT2D eigenvalue weighted by molar-refractivity contribution is 5.58. The molecule has 0 aliphatic heterocycles. The summed E-state index contributed by atoms with van der Waals surface area (Å²) < 4.78 is 0. The van der Waals surface area contributed by atoms with Gasteiger partial charge in [-0.2, -0.15) is 5.26 Å². The molecule has 9 nitrogen and oxygen atoms in total. The van der Waals surface area contributed by atoms with E-state index in [9.17, 15) is 20.3 Å². The number of nitrogens with zero attached hydrogens (tertiary/aromatic N) is 3. The van der Waals surface area contributed by atoms with Crippen LogP contribution in [0.3, 0.4) is 0 Å². The second kappa shape index (κ2) is 10.7. The molecule has 0 saturated heterocycles. The van der Waals surface area contributed by atoms with Crippen molar-refractivity contribution in [2.24, 2.45) is 0 Å². The fraction of sp³-hybridized carbons (Fsp3) is 0.316. The summed E-state index contributed by atoms with van der Waals surface area (Å²) in [5, 5.41) is 37.5. The number of aliphatic hydroxyl groups excluding tert-OH is 2. The number of nitrogen functional groups attached to an aromatic ring is 2. The van der Waals surface area contributed by atoms with Crippen molar-refractivity contribution >= 4 is 22.7 Å². The van der Waals surface area contributed by atoms with E-state index in [2.05, 4.69) is 0 Å². The van der Waals surface area contributed by atoms with E-state index < -0.39 is 17.1 Å². The molecule has 0 aliphatic rings. The van der Waals surface area contributed by atoms with Crippen LogP contribution in [0.4, 0.5) is 22.7 Å². The molecule has 0 heterocycles. The molecular weight excluding hydrogens is 362 g/mol. The fourth-order valence-corrected chi connectivity index (χ4v) is 2.36. The van der Waals surface area contributed by atoms with Gasteiger partial charge >= 0.3 is 0 Å². The number of nitro groups is 1. The minimum absolute atomic E-state index is 0.124. The van der Waals surface area contributed by atoms with Crippen molar-refractivity contribution < 1.29 is 15.1 Å². The molecule has 0 aromatic heterocycles. The van der Waals surface area contributed by atoms with Crippen molar-refractivity contribution in [3.05, 3.63) is 58.1 Å². The average Bonchev–Trinajstić information content (AvgIpc) is 2.61. The molecule has 2 aromatic carbocycles. The minimum atomic E-state index is -0.569. The molecule has 2 unspecified atom stereocenters. The van der Waals surface area contributed by atoms with Crippen LogP contribution < -0.4 is 16.4 Å². The van der Waals surface area contributed by atoms with Crippen molar-refractivity contribution in [2.45, 2.75) is 26.1 Å². The first-order valence-electron chi connectivity index (χ1n) is 8.54. The number of aliphatic hydroxyl groups is 2. The molecule has 0 fully saturated rings. The fourth-order valence-electron chi connectivity index (χ4n) is 2.36. The molecule has 0 saturated carbocycles. The molecule has 0 aliphatic carbocycles. The van der Waals surface area contributed by atoms with Crippen LogP contribution >= 0.6 is 0 Å². The number of nitriles is 1. The number of nitrogens with two attached hydrogens (primary N) is 2. The molecular formula is C19H25N5O4. The highest BCUT2D eigenvalue weighted by atomic mass is 16.6. The third kappa shape index (κ3) is 7.49. The highest BCUT2D eigenvalue weighted by Crippen LogP contribution is 2.18. The predicted octanol–water partition coefficient (Wildman–Crippen LogP) is 1.89. The first-order chi connectivity index (χ1) is 13.1. The van der Waals surface area contributed by atoms with Crippen LogP contribution in [-0.4, -0.2) is 40.4 Å². The van der Waals surface area contributed by atoms with E-state index >= 15 is 0 Å². The Morgan fingerprint density at radius 3 is 2.07 bits per heavy atom. The van der Waals surface area contributed by atoms with Gasteiger partial charge in [0.25, 0.3) is 5.69 Å². The number of nitro benzene ring substituents is 1. The largest absolute Gasteiger partial charge is 0.399 e. The molecule has 0 spiro atoms. The van der Waals surface area contributed by atoms with Crippen molar-refractivity contribution in [1.82, 2.24) is 0 Å². The Labute approximate surface area is 163 Å². The summed E-state index contributed by atoms with van der Waals surface area (Å²) in [5.74, 6) is 0.